The normalized spacial score (nSPS) is 23.0. The van der Waals surface area contributed by atoms with Crippen molar-refractivity contribution in [3.63, 3.8) is 0 Å². The van der Waals surface area contributed by atoms with Crippen molar-refractivity contribution in [2.45, 2.75) is 58.5 Å². The largest absolute Gasteiger partial charge is 0.339 e. The minimum Gasteiger partial charge on any atom is -0.339 e. The first-order valence-electron chi connectivity index (χ1n) is 9.16. The van der Waals surface area contributed by atoms with Crippen molar-refractivity contribution < 1.29 is 0 Å². The second-order valence-corrected chi connectivity index (χ2v) is 7.52. The fraction of sp³-hybridized carbons (Fsp3) is 0.778. The van der Waals surface area contributed by atoms with Gasteiger partial charge in [0.25, 0.3) is 0 Å². The maximum atomic E-state index is 4.81. The molecule has 1 aromatic heterocycles. The van der Waals surface area contributed by atoms with Crippen LogP contribution in [0.3, 0.4) is 0 Å². The van der Waals surface area contributed by atoms with E-state index in [-0.39, 0.29) is 0 Å². The molecule has 23 heavy (non-hydrogen) atoms. The van der Waals surface area contributed by atoms with E-state index in [1.807, 2.05) is 0 Å². The van der Waals surface area contributed by atoms with Gasteiger partial charge in [0.1, 0.15) is 0 Å². The lowest BCUT2D eigenvalue weighted by Crippen LogP contribution is -2.45. The van der Waals surface area contributed by atoms with Gasteiger partial charge in [-0.2, -0.15) is 0 Å². The highest BCUT2D eigenvalue weighted by atomic mass is 15.3. The van der Waals surface area contributed by atoms with E-state index in [0.717, 1.165) is 44.2 Å². The Morgan fingerprint density at radius 3 is 2.74 bits per heavy atom. The Morgan fingerprint density at radius 1 is 1.22 bits per heavy atom. The maximum absolute atomic E-state index is 4.81. The summed E-state index contributed by atoms with van der Waals surface area (Å²) in [5.41, 5.74) is 2.26. The van der Waals surface area contributed by atoms with Crippen LogP contribution in [-0.4, -0.2) is 48.2 Å². The lowest BCUT2D eigenvalue weighted by molar-refractivity contribution is 0.356. The van der Waals surface area contributed by atoms with Crippen LogP contribution in [0.2, 0.25) is 0 Å². The van der Waals surface area contributed by atoms with Gasteiger partial charge in [0, 0.05) is 36.6 Å². The molecule has 1 atom stereocenters. The molecule has 2 fully saturated rings. The summed E-state index contributed by atoms with van der Waals surface area (Å²) in [6.07, 6.45) is 4.72. The quantitative estimate of drug-likeness (QED) is 0.869. The molecule has 0 unspecified atom stereocenters. The first-order valence-corrected chi connectivity index (χ1v) is 9.16. The highest BCUT2D eigenvalue weighted by molar-refractivity contribution is 5.34. The van der Waals surface area contributed by atoms with Gasteiger partial charge in [-0.25, -0.2) is 9.97 Å². The summed E-state index contributed by atoms with van der Waals surface area (Å²) >= 11 is 0. The Hall–Kier alpha value is -1.20. The molecule has 0 spiro atoms. The van der Waals surface area contributed by atoms with Crippen molar-refractivity contribution in [2.75, 3.05) is 31.1 Å². The predicted octanol–water partition coefficient (Wildman–Crippen LogP) is 1.90. The molecule has 0 radical (unpaired) electrons. The van der Waals surface area contributed by atoms with Crippen molar-refractivity contribution in [1.29, 1.82) is 0 Å². The van der Waals surface area contributed by atoms with Gasteiger partial charge in [-0.3, -0.25) is 0 Å². The van der Waals surface area contributed by atoms with Crippen molar-refractivity contribution >= 4 is 5.95 Å². The zero-order valence-electron chi connectivity index (χ0n) is 14.8. The van der Waals surface area contributed by atoms with Crippen LogP contribution in [-0.2, 0) is 6.42 Å². The number of piperidine rings is 1. The third kappa shape index (κ3) is 4.64. The molecule has 2 N–H and O–H groups in total. The zero-order chi connectivity index (χ0) is 16.2. The Morgan fingerprint density at radius 2 is 2.00 bits per heavy atom. The molecular formula is C18H31N5. The van der Waals surface area contributed by atoms with Gasteiger partial charge in [0.2, 0.25) is 5.95 Å². The van der Waals surface area contributed by atoms with E-state index in [0.29, 0.717) is 18.0 Å². The number of nitrogens with zero attached hydrogens (tertiary/aromatic N) is 3. The predicted molar refractivity (Wildman–Crippen MR) is 95.0 cm³/mol. The molecule has 0 saturated carbocycles. The lowest BCUT2D eigenvalue weighted by Gasteiger charge is -2.27. The van der Waals surface area contributed by atoms with Crippen LogP contribution in [0.5, 0.6) is 0 Å². The van der Waals surface area contributed by atoms with Gasteiger partial charge < -0.3 is 15.5 Å². The van der Waals surface area contributed by atoms with Crippen LogP contribution in [0, 0.1) is 12.8 Å². The molecule has 3 rings (SSSR count). The van der Waals surface area contributed by atoms with Gasteiger partial charge in [0.15, 0.2) is 0 Å². The number of anilines is 1. The second kappa shape index (κ2) is 7.58. The Bertz CT molecular complexity index is 510. The number of hydrogen-bond donors (Lipinski definition) is 2. The van der Waals surface area contributed by atoms with E-state index in [4.69, 9.17) is 4.98 Å². The van der Waals surface area contributed by atoms with Gasteiger partial charge in [-0.1, -0.05) is 13.8 Å². The lowest BCUT2D eigenvalue weighted by atomic mass is 10.1. The highest BCUT2D eigenvalue weighted by Crippen LogP contribution is 2.19. The van der Waals surface area contributed by atoms with E-state index in [2.05, 4.69) is 47.4 Å². The van der Waals surface area contributed by atoms with Crippen LogP contribution in [0.1, 0.15) is 44.5 Å². The number of aromatic nitrogens is 2. The second-order valence-electron chi connectivity index (χ2n) is 7.52. The summed E-state index contributed by atoms with van der Waals surface area (Å²) in [5, 5.41) is 7.27. The zero-order valence-corrected chi connectivity index (χ0v) is 14.8. The van der Waals surface area contributed by atoms with E-state index in [1.54, 1.807) is 0 Å². The number of hydrogen-bond acceptors (Lipinski definition) is 5. The minimum atomic E-state index is 0.579. The van der Waals surface area contributed by atoms with E-state index in [9.17, 15) is 0 Å². The van der Waals surface area contributed by atoms with Gasteiger partial charge in [-0.05, 0) is 57.7 Å². The number of rotatable bonds is 5. The fourth-order valence-electron chi connectivity index (χ4n) is 3.68. The van der Waals surface area contributed by atoms with E-state index in [1.165, 1.54) is 25.0 Å². The smallest absolute Gasteiger partial charge is 0.225 e. The Balaban J connectivity index is 1.60. The summed E-state index contributed by atoms with van der Waals surface area (Å²) in [5.74, 6) is 1.56. The summed E-state index contributed by atoms with van der Waals surface area (Å²) in [4.78, 5) is 11.9. The topological polar surface area (TPSA) is 53.1 Å². The van der Waals surface area contributed by atoms with Crippen molar-refractivity contribution in [2.24, 2.45) is 5.92 Å². The molecule has 1 aromatic rings. The molecule has 128 valence electrons. The SMILES string of the molecule is Cc1cc(CC(C)C)nc(N2CC[C@H](NC3CCNCC3)C2)n1. The molecule has 5 nitrogen and oxygen atoms in total. The molecule has 5 heteroatoms. The molecular weight excluding hydrogens is 286 g/mol. The summed E-state index contributed by atoms with van der Waals surface area (Å²) in [7, 11) is 0. The van der Waals surface area contributed by atoms with Crippen LogP contribution in [0.15, 0.2) is 6.07 Å². The first-order chi connectivity index (χ1) is 11.1. The summed E-state index contributed by atoms with van der Waals surface area (Å²) in [6, 6.07) is 3.39. The molecule has 2 aliphatic rings. The van der Waals surface area contributed by atoms with Crippen LogP contribution < -0.4 is 15.5 Å². The van der Waals surface area contributed by atoms with Crippen LogP contribution in [0.25, 0.3) is 0 Å². The van der Waals surface area contributed by atoms with Crippen molar-refractivity contribution in [3.8, 4) is 0 Å². The van der Waals surface area contributed by atoms with Crippen LogP contribution >= 0.6 is 0 Å². The molecule has 0 amide bonds. The van der Waals surface area contributed by atoms with Crippen molar-refractivity contribution in [3.05, 3.63) is 17.5 Å². The molecule has 0 bridgehead atoms. The van der Waals surface area contributed by atoms with Gasteiger partial charge in [-0.15, -0.1) is 0 Å². The number of aryl methyl sites for hydroxylation is 1. The summed E-state index contributed by atoms with van der Waals surface area (Å²) < 4.78 is 0. The van der Waals surface area contributed by atoms with Crippen molar-refractivity contribution in [1.82, 2.24) is 20.6 Å². The van der Waals surface area contributed by atoms with E-state index < -0.39 is 0 Å². The monoisotopic (exact) mass is 317 g/mol. The van der Waals surface area contributed by atoms with Gasteiger partial charge >= 0.3 is 0 Å². The minimum absolute atomic E-state index is 0.579. The average Bonchev–Trinajstić information content (AvgIpc) is 2.95. The molecule has 2 saturated heterocycles. The van der Waals surface area contributed by atoms with Crippen LogP contribution in [0.4, 0.5) is 5.95 Å². The maximum Gasteiger partial charge on any atom is 0.225 e. The molecule has 2 aliphatic heterocycles. The Kier molecular flexibility index (Phi) is 5.49. The third-order valence-corrected chi connectivity index (χ3v) is 4.79. The molecule has 0 aromatic carbocycles. The fourth-order valence-corrected chi connectivity index (χ4v) is 3.68. The van der Waals surface area contributed by atoms with Gasteiger partial charge in [0.05, 0.1) is 0 Å². The summed E-state index contributed by atoms with van der Waals surface area (Å²) in [6.45, 7) is 11.0. The van der Waals surface area contributed by atoms with E-state index >= 15 is 0 Å². The Labute approximate surface area is 140 Å². The first kappa shape index (κ1) is 16.7. The molecule has 3 heterocycles. The number of nitrogens with one attached hydrogen (secondary N) is 2. The highest BCUT2D eigenvalue weighted by Gasteiger charge is 2.27. The molecule has 0 aliphatic carbocycles. The average molecular weight is 317 g/mol. The standard InChI is InChI=1S/C18H31N5/c1-13(2)10-17-11-14(3)20-18(22-17)23-9-6-16(12-23)21-15-4-7-19-8-5-15/h11,13,15-16,19,21H,4-10,12H2,1-3H3/t16-/m0/s1. The third-order valence-electron chi connectivity index (χ3n) is 4.79.